The second-order valence-electron chi connectivity index (χ2n) is 10.7. The molecule has 2 aliphatic heterocycles. The molecule has 4 rings (SSSR count). The topological polar surface area (TPSA) is 130 Å². The molecule has 2 aliphatic rings. The summed E-state index contributed by atoms with van der Waals surface area (Å²) in [5, 5.41) is 16.0. The highest BCUT2D eigenvalue weighted by atomic mass is 16.7. The number of carbonyl (C=O) groups excluding carboxylic acids is 3. The van der Waals surface area contributed by atoms with Gasteiger partial charge in [-0.05, 0) is 43.9 Å². The minimum Gasteiger partial charge on any atom is -0.651 e. The first kappa shape index (κ1) is 27.8. The van der Waals surface area contributed by atoms with Crippen LogP contribution in [-0.4, -0.2) is 76.1 Å². The normalized spacial score (nSPS) is 25.4. The fraction of sp³-hybridized carbons (Fsp3) is 0.481. The lowest BCUT2D eigenvalue weighted by atomic mass is 9.59. The van der Waals surface area contributed by atoms with E-state index in [1.54, 1.807) is 25.1 Å². The van der Waals surface area contributed by atoms with Crippen molar-refractivity contribution in [3.63, 3.8) is 0 Å². The lowest BCUT2D eigenvalue weighted by molar-refractivity contribution is -0.136. The van der Waals surface area contributed by atoms with E-state index >= 15 is 0 Å². The standard InChI is InChI=1S/C27H36BN4O6/c1-16(2)14-23(28-32(17(3)15-37-28)18(4)27(36)38-28)30-26(35)24(19(5)33)31-25(34)22-13-9-12-21(29-22)20-10-7-6-8-11-20/h6-13,16-19,23-24,33H,14-15H2,1-5H3,(H,30,35)(H,31,34)/q-1/t17-,18-,19-,23+,24+,28?/m1/s1. The Morgan fingerprint density at radius 3 is 2.47 bits per heavy atom. The molecule has 1 aromatic carbocycles. The first-order valence-electron chi connectivity index (χ1n) is 13.1. The predicted octanol–water partition coefficient (Wildman–Crippen LogP) is 1.90. The predicted molar refractivity (Wildman–Crippen MR) is 143 cm³/mol. The van der Waals surface area contributed by atoms with Crippen LogP contribution in [0.4, 0.5) is 0 Å². The van der Waals surface area contributed by atoms with E-state index in [1.165, 1.54) is 6.92 Å². The molecule has 2 amide bonds. The van der Waals surface area contributed by atoms with Gasteiger partial charge in [0.15, 0.2) is 0 Å². The van der Waals surface area contributed by atoms with E-state index in [2.05, 4.69) is 15.6 Å². The summed E-state index contributed by atoms with van der Waals surface area (Å²) in [6, 6.07) is 12.6. The summed E-state index contributed by atoms with van der Waals surface area (Å²) in [5.74, 6) is -2.13. The van der Waals surface area contributed by atoms with Crippen molar-refractivity contribution in [3.8, 4) is 11.3 Å². The van der Waals surface area contributed by atoms with Crippen LogP contribution in [-0.2, 0) is 18.9 Å². The summed E-state index contributed by atoms with van der Waals surface area (Å²) in [6.45, 7) is 7.20. The molecule has 1 aromatic heterocycles. The van der Waals surface area contributed by atoms with Crippen molar-refractivity contribution in [1.29, 1.82) is 0 Å². The molecule has 0 saturated carbocycles. The highest BCUT2D eigenvalue weighted by Gasteiger charge is 2.58. The maximum absolute atomic E-state index is 13.5. The van der Waals surface area contributed by atoms with Crippen molar-refractivity contribution in [1.82, 2.24) is 20.4 Å². The van der Waals surface area contributed by atoms with E-state index in [0.717, 1.165) is 5.56 Å². The van der Waals surface area contributed by atoms with Gasteiger partial charge < -0.3 is 29.9 Å². The molecule has 2 fully saturated rings. The van der Waals surface area contributed by atoms with Crippen LogP contribution in [0.25, 0.3) is 11.3 Å². The van der Waals surface area contributed by atoms with Crippen LogP contribution < -0.4 is 10.6 Å². The molecule has 3 heterocycles. The molecule has 204 valence electrons. The number of fused-ring (bicyclic) bond motifs is 1. The largest absolute Gasteiger partial charge is 0.651 e. The average molecular weight is 523 g/mol. The maximum atomic E-state index is 13.5. The molecule has 2 aromatic rings. The van der Waals surface area contributed by atoms with Crippen LogP contribution in [0.3, 0.4) is 0 Å². The summed E-state index contributed by atoms with van der Waals surface area (Å²) in [5.41, 5.74) is 1.57. The molecule has 3 N–H and O–H groups in total. The van der Waals surface area contributed by atoms with Gasteiger partial charge in [0.25, 0.3) is 11.9 Å². The molecule has 0 bridgehead atoms. The van der Waals surface area contributed by atoms with Gasteiger partial charge in [-0.25, -0.2) is 4.98 Å². The number of benzene rings is 1. The van der Waals surface area contributed by atoms with E-state index in [9.17, 15) is 19.5 Å². The highest BCUT2D eigenvalue weighted by Crippen LogP contribution is 2.37. The Kier molecular flexibility index (Phi) is 8.20. The summed E-state index contributed by atoms with van der Waals surface area (Å²) in [6.07, 6.45) is -0.735. The second kappa shape index (κ2) is 11.2. The van der Waals surface area contributed by atoms with Gasteiger partial charge in [-0.2, -0.15) is 0 Å². The molecule has 1 unspecified atom stereocenters. The quantitative estimate of drug-likeness (QED) is 0.425. The van der Waals surface area contributed by atoms with Crippen molar-refractivity contribution >= 4 is 24.5 Å². The zero-order valence-electron chi connectivity index (χ0n) is 22.5. The van der Waals surface area contributed by atoms with Crippen LogP contribution in [0.5, 0.6) is 0 Å². The van der Waals surface area contributed by atoms with Crippen LogP contribution in [0, 0.1) is 5.92 Å². The van der Waals surface area contributed by atoms with Gasteiger partial charge in [-0.1, -0.05) is 63.6 Å². The fourth-order valence-corrected chi connectivity index (χ4v) is 5.45. The van der Waals surface area contributed by atoms with Crippen molar-refractivity contribution in [2.24, 2.45) is 5.92 Å². The summed E-state index contributed by atoms with van der Waals surface area (Å²) in [7, 11) is 0. The number of hydrogen-bond acceptors (Lipinski definition) is 8. The second-order valence-corrected chi connectivity index (χ2v) is 10.7. The highest BCUT2D eigenvalue weighted by molar-refractivity contribution is 6.70. The Morgan fingerprint density at radius 2 is 1.82 bits per heavy atom. The Bertz CT molecular complexity index is 1180. The summed E-state index contributed by atoms with van der Waals surface area (Å²) in [4.78, 5) is 45.5. The van der Waals surface area contributed by atoms with E-state index < -0.39 is 48.6 Å². The molecule has 38 heavy (non-hydrogen) atoms. The van der Waals surface area contributed by atoms with E-state index in [1.807, 2.05) is 55.9 Å². The number of carbonyl (C=O) groups is 3. The third-order valence-corrected chi connectivity index (χ3v) is 7.24. The van der Waals surface area contributed by atoms with E-state index in [4.69, 9.17) is 9.31 Å². The average Bonchev–Trinajstić information content (AvgIpc) is 3.35. The number of pyridine rings is 1. The minimum absolute atomic E-state index is 0.0711. The molecule has 6 atom stereocenters. The Hall–Kier alpha value is -3.28. The Morgan fingerprint density at radius 1 is 1.11 bits per heavy atom. The van der Waals surface area contributed by atoms with Crippen LogP contribution in [0.2, 0.25) is 0 Å². The van der Waals surface area contributed by atoms with Crippen molar-refractivity contribution < 1.29 is 28.8 Å². The molecule has 0 aliphatic carbocycles. The lowest BCUT2D eigenvalue weighted by Gasteiger charge is -2.45. The molecule has 0 spiro atoms. The minimum atomic E-state index is -2.29. The number of amides is 2. The molecule has 11 heteroatoms. The number of aromatic nitrogens is 1. The number of hydrogen-bond donors (Lipinski definition) is 3. The number of nitrogens with one attached hydrogen (secondary N) is 2. The lowest BCUT2D eigenvalue weighted by Crippen LogP contribution is -2.68. The van der Waals surface area contributed by atoms with Gasteiger partial charge >= 0.3 is 6.69 Å². The molecule has 10 nitrogen and oxygen atoms in total. The SMILES string of the molecule is CC(C)C[C@H](NC(=O)[C@@H](NC(=O)c1cccc(-c2ccccc2)n1)[C@@H](C)O)[B-]12OC[C@@H](C)N1[C@H](C)C(=O)O2. The fourth-order valence-electron chi connectivity index (χ4n) is 5.45. The van der Waals surface area contributed by atoms with Gasteiger partial charge in [0.2, 0.25) is 5.91 Å². The number of aliphatic hydroxyl groups excluding tert-OH is 1. The van der Waals surface area contributed by atoms with Gasteiger partial charge in [0, 0.05) is 12.2 Å². The van der Waals surface area contributed by atoms with Gasteiger partial charge in [0.05, 0.1) is 17.8 Å². The van der Waals surface area contributed by atoms with E-state index in [0.29, 0.717) is 18.7 Å². The summed E-state index contributed by atoms with van der Waals surface area (Å²) >= 11 is 0. The number of nitrogens with zero attached hydrogens (tertiary/aromatic N) is 2. The third-order valence-electron chi connectivity index (χ3n) is 7.24. The Labute approximate surface area is 223 Å². The van der Waals surface area contributed by atoms with Crippen molar-refractivity contribution in [2.45, 2.75) is 71.2 Å². The first-order chi connectivity index (χ1) is 18.0. The molecule has 0 radical (unpaired) electrons. The van der Waals surface area contributed by atoms with Gasteiger partial charge in [-0.15, -0.1) is 0 Å². The maximum Gasteiger partial charge on any atom is 0.396 e. The monoisotopic (exact) mass is 523 g/mol. The number of aliphatic hydroxyl groups is 1. The third kappa shape index (κ3) is 5.45. The molecular formula is C27H36BN4O6-. The smallest absolute Gasteiger partial charge is 0.396 e. The van der Waals surface area contributed by atoms with Crippen LogP contribution in [0.15, 0.2) is 48.5 Å². The van der Waals surface area contributed by atoms with E-state index in [-0.39, 0.29) is 17.7 Å². The van der Waals surface area contributed by atoms with Crippen LogP contribution >= 0.6 is 0 Å². The molecular weight excluding hydrogens is 487 g/mol. The van der Waals surface area contributed by atoms with Crippen molar-refractivity contribution in [3.05, 3.63) is 54.2 Å². The van der Waals surface area contributed by atoms with Crippen LogP contribution in [0.1, 0.15) is 51.5 Å². The number of rotatable bonds is 9. The zero-order valence-corrected chi connectivity index (χ0v) is 22.5. The van der Waals surface area contributed by atoms with Crippen molar-refractivity contribution in [2.75, 3.05) is 6.61 Å². The summed E-state index contributed by atoms with van der Waals surface area (Å²) < 4.78 is 11.9. The Balaban J connectivity index is 1.54. The first-order valence-corrected chi connectivity index (χ1v) is 13.1. The van der Waals surface area contributed by atoms with Gasteiger partial charge in [0.1, 0.15) is 11.7 Å². The zero-order chi connectivity index (χ0) is 27.6. The van der Waals surface area contributed by atoms with Gasteiger partial charge in [-0.3, -0.25) is 14.4 Å². The molecule has 2 saturated heterocycles.